The minimum absolute atomic E-state index is 0.850. The Bertz CT molecular complexity index is 719. The summed E-state index contributed by atoms with van der Waals surface area (Å²) in [6.07, 6.45) is 3.17. The molecular weight excluding hydrogens is 318 g/mol. The summed E-state index contributed by atoms with van der Waals surface area (Å²) in [5, 5.41) is 8.95. The van der Waals surface area contributed by atoms with Gasteiger partial charge in [-0.1, -0.05) is 13.0 Å². The standard InChI is InChI=1S/C15H17N3S3/c1-3-6-16-14-13-10(11-5-4-7-20-11)8-21-15(13)18-12(17-14)9-19-2/h4-5,7-8H,3,6,9H2,1-2H3,(H,16,17,18). The Labute approximate surface area is 136 Å². The van der Waals surface area contributed by atoms with Gasteiger partial charge in [0, 0.05) is 22.4 Å². The lowest BCUT2D eigenvalue weighted by molar-refractivity contribution is 0.961. The normalized spacial score (nSPS) is 11.1. The molecule has 0 bridgehead atoms. The van der Waals surface area contributed by atoms with E-state index in [0.717, 1.165) is 35.2 Å². The summed E-state index contributed by atoms with van der Waals surface area (Å²) in [7, 11) is 0. The van der Waals surface area contributed by atoms with Gasteiger partial charge in [0.25, 0.3) is 0 Å². The highest BCUT2D eigenvalue weighted by atomic mass is 32.2. The second kappa shape index (κ2) is 6.77. The molecule has 0 spiro atoms. The monoisotopic (exact) mass is 335 g/mol. The molecule has 0 radical (unpaired) electrons. The lowest BCUT2D eigenvalue weighted by Crippen LogP contribution is -2.05. The van der Waals surface area contributed by atoms with Crippen molar-refractivity contribution in [1.82, 2.24) is 9.97 Å². The van der Waals surface area contributed by atoms with Crippen molar-refractivity contribution in [2.75, 3.05) is 18.1 Å². The fourth-order valence-corrected chi connectivity index (χ4v) is 4.33. The van der Waals surface area contributed by atoms with Crippen LogP contribution in [0.4, 0.5) is 5.82 Å². The van der Waals surface area contributed by atoms with Crippen LogP contribution in [-0.4, -0.2) is 22.8 Å². The molecular formula is C15H17N3S3. The summed E-state index contributed by atoms with van der Waals surface area (Å²) in [5.41, 5.74) is 1.25. The van der Waals surface area contributed by atoms with Crippen molar-refractivity contribution in [3.8, 4) is 10.4 Å². The molecule has 0 aliphatic heterocycles. The molecule has 110 valence electrons. The molecule has 1 N–H and O–H groups in total. The topological polar surface area (TPSA) is 37.8 Å². The molecule has 0 unspecified atom stereocenters. The van der Waals surface area contributed by atoms with Gasteiger partial charge in [0.1, 0.15) is 16.5 Å². The van der Waals surface area contributed by atoms with Crippen molar-refractivity contribution < 1.29 is 0 Å². The van der Waals surface area contributed by atoms with Gasteiger partial charge in [0.15, 0.2) is 0 Å². The summed E-state index contributed by atoms with van der Waals surface area (Å²) in [4.78, 5) is 11.8. The van der Waals surface area contributed by atoms with Gasteiger partial charge in [-0.25, -0.2) is 9.97 Å². The van der Waals surface area contributed by atoms with Crippen LogP contribution in [0, 0.1) is 0 Å². The molecule has 3 nitrogen and oxygen atoms in total. The van der Waals surface area contributed by atoms with E-state index in [2.05, 4.69) is 41.4 Å². The number of thioether (sulfide) groups is 1. The highest BCUT2D eigenvalue weighted by molar-refractivity contribution is 7.97. The van der Waals surface area contributed by atoms with Crippen LogP contribution in [0.2, 0.25) is 0 Å². The first-order valence-corrected chi connectivity index (χ1v) is 10.0. The zero-order chi connectivity index (χ0) is 14.7. The average Bonchev–Trinajstić information content (AvgIpc) is 3.13. The van der Waals surface area contributed by atoms with Crippen molar-refractivity contribution >= 4 is 50.5 Å². The van der Waals surface area contributed by atoms with Crippen LogP contribution in [0.25, 0.3) is 20.7 Å². The molecule has 0 aromatic carbocycles. The smallest absolute Gasteiger partial charge is 0.142 e. The summed E-state index contributed by atoms with van der Waals surface area (Å²) in [5.74, 6) is 2.74. The Balaban J connectivity index is 2.14. The first-order chi connectivity index (χ1) is 10.3. The van der Waals surface area contributed by atoms with Crippen LogP contribution in [0.15, 0.2) is 22.9 Å². The van der Waals surface area contributed by atoms with Gasteiger partial charge in [0.2, 0.25) is 0 Å². The minimum Gasteiger partial charge on any atom is -0.369 e. The van der Waals surface area contributed by atoms with Crippen LogP contribution < -0.4 is 5.32 Å². The van der Waals surface area contributed by atoms with E-state index in [1.807, 2.05) is 0 Å². The fraction of sp³-hybridized carbons (Fsp3) is 0.333. The molecule has 0 atom stereocenters. The van der Waals surface area contributed by atoms with Gasteiger partial charge in [-0.2, -0.15) is 11.8 Å². The molecule has 3 heterocycles. The lowest BCUT2D eigenvalue weighted by atomic mass is 10.2. The third kappa shape index (κ3) is 3.07. The largest absolute Gasteiger partial charge is 0.369 e. The van der Waals surface area contributed by atoms with E-state index in [4.69, 9.17) is 9.97 Å². The number of nitrogens with one attached hydrogen (secondary N) is 1. The third-order valence-electron chi connectivity index (χ3n) is 3.08. The van der Waals surface area contributed by atoms with Gasteiger partial charge in [-0.15, -0.1) is 22.7 Å². The van der Waals surface area contributed by atoms with E-state index in [9.17, 15) is 0 Å². The van der Waals surface area contributed by atoms with E-state index in [1.54, 1.807) is 34.4 Å². The van der Waals surface area contributed by atoms with Crippen LogP contribution in [-0.2, 0) is 5.75 Å². The summed E-state index contributed by atoms with van der Waals surface area (Å²) in [6.45, 7) is 3.10. The quantitative estimate of drug-likeness (QED) is 0.679. The van der Waals surface area contributed by atoms with E-state index >= 15 is 0 Å². The number of hydrogen-bond donors (Lipinski definition) is 1. The maximum absolute atomic E-state index is 4.74. The first kappa shape index (κ1) is 14.8. The van der Waals surface area contributed by atoms with E-state index in [-0.39, 0.29) is 0 Å². The number of hydrogen-bond acceptors (Lipinski definition) is 6. The Morgan fingerprint density at radius 1 is 1.29 bits per heavy atom. The van der Waals surface area contributed by atoms with Crippen LogP contribution in [0.5, 0.6) is 0 Å². The second-order valence-electron chi connectivity index (χ2n) is 4.66. The first-order valence-electron chi connectivity index (χ1n) is 6.88. The molecule has 0 aliphatic rings. The van der Waals surface area contributed by atoms with Gasteiger partial charge in [0.05, 0.1) is 11.1 Å². The van der Waals surface area contributed by atoms with Crippen molar-refractivity contribution in [1.29, 1.82) is 0 Å². The zero-order valence-corrected chi connectivity index (χ0v) is 14.5. The SMILES string of the molecule is CCCNc1nc(CSC)nc2scc(-c3cccs3)c12. The highest BCUT2D eigenvalue weighted by Crippen LogP contribution is 2.39. The minimum atomic E-state index is 0.850. The maximum atomic E-state index is 4.74. The van der Waals surface area contributed by atoms with Crippen LogP contribution in [0.3, 0.4) is 0 Å². The van der Waals surface area contributed by atoms with Gasteiger partial charge in [-0.3, -0.25) is 0 Å². The van der Waals surface area contributed by atoms with E-state index < -0.39 is 0 Å². The molecule has 0 fully saturated rings. The molecule has 3 aromatic heterocycles. The van der Waals surface area contributed by atoms with Crippen LogP contribution >= 0.6 is 34.4 Å². The molecule has 21 heavy (non-hydrogen) atoms. The predicted molar refractivity (Wildman–Crippen MR) is 96.7 cm³/mol. The molecule has 6 heteroatoms. The fourth-order valence-electron chi connectivity index (χ4n) is 2.16. The Hall–Kier alpha value is -1.11. The highest BCUT2D eigenvalue weighted by Gasteiger charge is 2.15. The van der Waals surface area contributed by atoms with Gasteiger partial charge >= 0.3 is 0 Å². The molecule has 3 aromatic rings. The molecule has 0 saturated heterocycles. The Morgan fingerprint density at radius 2 is 2.19 bits per heavy atom. The van der Waals surface area contributed by atoms with E-state index in [1.165, 1.54) is 15.8 Å². The lowest BCUT2D eigenvalue weighted by Gasteiger charge is -2.09. The number of fused-ring (bicyclic) bond motifs is 1. The third-order valence-corrected chi connectivity index (χ3v) is 5.40. The molecule has 0 saturated carbocycles. The maximum Gasteiger partial charge on any atom is 0.142 e. The Kier molecular flexibility index (Phi) is 4.77. The number of thiophene rings is 2. The van der Waals surface area contributed by atoms with E-state index in [0.29, 0.717) is 0 Å². The van der Waals surface area contributed by atoms with Gasteiger partial charge < -0.3 is 5.32 Å². The Morgan fingerprint density at radius 3 is 2.90 bits per heavy atom. The number of anilines is 1. The zero-order valence-electron chi connectivity index (χ0n) is 12.0. The summed E-state index contributed by atoms with van der Waals surface area (Å²) < 4.78 is 0. The van der Waals surface area contributed by atoms with Crippen LogP contribution in [0.1, 0.15) is 19.2 Å². The molecule has 0 aliphatic carbocycles. The number of rotatable bonds is 6. The molecule has 0 amide bonds. The average molecular weight is 336 g/mol. The summed E-state index contributed by atoms with van der Waals surface area (Å²) >= 11 is 5.22. The van der Waals surface area contributed by atoms with Gasteiger partial charge in [-0.05, 0) is 24.1 Å². The summed E-state index contributed by atoms with van der Waals surface area (Å²) in [6, 6.07) is 4.25. The second-order valence-corrected chi connectivity index (χ2v) is 7.33. The van der Waals surface area contributed by atoms with Crippen molar-refractivity contribution in [2.45, 2.75) is 19.1 Å². The predicted octanol–water partition coefficient (Wildman–Crippen LogP) is 5.10. The number of aromatic nitrogens is 2. The molecule has 3 rings (SSSR count). The van der Waals surface area contributed by atoms with Crippen molar-refractivity contribution in [3.05, 3.63) is 28.7 Å². The number of nitrogens with zero attached hydrogens (tertiary/aromatic N) is 2. The van der Waals surface area contributed by atoms with Crippen molar-refractivity contribution in [3.63, 3.8) is 0 Å². The van der Waals surface area contributed by atoms with Crippen molar-refractivity contribution in [2.24, 2.45) is 0 Å².